The third-order valence-electron chi connectivity index (χ3n) is 11.3. The van der Waals surface area contributed by atoms with E-state index in [1.807, 2.05) is 6.07 Å². The van der Waals surface area contributed by atoms with Crippen molar-refractivity contribution >= 4 is 55.2 Å². The van der Waals surface area contributed by atoms with Crippen LogP contribution in [0.25, 0.3) is 32.1 Å². The molecular weight excluding hydrogens is 850 g/mol. The number of carbonyl (C=O) groups is 2. The number of piperazine rings is 1. The molecular formula is C44H52F5N7O6S. The Balaban J connectivity index is 1.22. The van der Waals surface area contributed by atoms with Gasteiger partial charge in [0.05, 0.1) is 40.9 Å². The highest BCUT2D eigenvalue weighted by Crippen LogP contribution is 2.48. The topological polar surface area (TPSA) is 156 Å². The normalized spacial score (nSPS) is 19.6. The van der Waals surface area contributed by atoms with E-state index in [1.165, 1.54) is 0 Å². The van der Waals surface area contributed by atoms with Crippen LogP contribution in [0, 0.1) is 23.0 Å². The number of nitrogen functional groups attached to an aromatic ring is 1. The maximum absolute atomic E-state index is 17.4. The number of ether oxygens (including phenoxy) is 4. The summed E-state index contributed by atoms with van der Waals surface area (Å²) in [6.45, 7) is 13.2. The number of aromatic nitrogens is 2. The Morgan fingerprint density at radius 1 is 0.984 bits per heavy atom. The van der Waals surface area contributed by atoms with E-state index in [4.69, 9.17) is 24.7 Å². The lowest BCUT2D eigenvalue weighted by Crippen LogP contribution is -2.57. The molecule has 1 amide bonds. The van der Waals surface area contributed by atoms with E-state index in [1.54, 1.807) is 51.3 Å². The molecule has 2 aromatic heterocycles. The maximum atomic E-state index is 17.4. The zero-order chi connectivity index (χ0) is 45.6. The number of anilines is 2. The summed E-state index contributed by atoms with van der Waals surface area (Å²) >= 11 is 0.685. The van der Waals surface area contributed by atoms with Gasteiger partial charge in [0.25, 0.3) is 0 Å². The summed E-state index contributed by atoms with van der Waals surface area (Å²) in [6, 6.07) is 3.49. The van der Waals surface area contributed by atoms with Crippen LogP contribution in [0.1, 0.15) is 91.2 Å². The number of carbonyl (C=O) groups excluding carboxylic acids is 2. The molecule has 2 bridgehead atoms. The van der Waals surface area contributed by atoms with E-state index < -0.39 is 51.7 Å². The van der Waals surface area contributed by atoms with Gasteiger partial charge in [0.2, 0.25) is 0 Å². The summed E-state index contributed by atoms with van der Waals surface area (Å²) in [4.78, 5) is 40.1. The first kappa shape index (κ1) is 45.9. The monoisotopic (exact) mass is 901 g/mol. The summed E-state index contributed by atoms with van der Waals surface area (Å²) in [6.07, 6.45) is -1.94. The molecule has 7 rings (SSSR count). The molecule has 0 saturated carbocycles. The zero-order valence-corrected chi connectivity index (χ0v) is 37.0. The van der Waals surface area contributed by atoms with Crippen molar-refractivity contribution in [1.29, 1.82) is 5.26 Å². The van der Waals surface area contributed by atoms with Crippen LogP contribution in [-0.4, -0.2) is 107 Å². The number of nitrogens with two attached hydrogens (primary N) is 1. The van der Waals surface area contributed by atoms with Crippen LogP contribution in [0.2, 0.25) is 0 Å². The van der Waals surface area contributed by atoms with Crippen LogP contribution >= 0.6 is 11.3 Å². The lowest BCUT2D eigenvalue weighted by Gasteiger charge is -2.42. The van der Waals surface area contributed by atoms with Gasteiger partial charge in [0, 0.05) is 48.6 Å². The molecule has 0 spiro atoms. The van der Waals surface area contributed by atoms with Crippen molar-refractivity contribution in [3.8, 4) is 23.2 Å². The highest BCUT2D eigenvalue weighted by atomic mass is 32.1. The van der Waals surface area contributed by atoms with Crippen molar-refractivity contribution in [3.63, 3.8) is 0 Å². The van der Waals surface area contributed by atoms with Crippen LogP contribution in [0.5, 0.6) is 6.01 Å². The number of hydrogen-bond acceptors (Lipinski definition) is 13. The Morgan fingerprint density at radius 3 is 2.33 bits per heavy atom. The lowest BCUT2D eigenvalue weighted by atomic mass is 9.92. The molecule has 2 aromatic carbocycles. The average molecular weight is 902 g/mol. The molecule has 3 fully saturated rings. The quantitative estimate of drug-likeness (QED) is 0.0820. The van der Waals surface area contributed by atoms with Gasteiger partial charge in [-0.25, -0.2) is 13.6 Å². The number of thiophene rings is 1. The third kappa shape index (κ3) is 10.0. The standard InChI is InChI=1S/C44H52F5N7O6S/c1-42(2,3)61-32(57)14-18-59-17-8-16-54-15-7-9-26(54)23-60-40-52-36-28(39(53-40)55-21-24-10-11-25(22-55)56(24)41(58)62-43(4,5)6)19-30(44(47,48)49)34(35(36)46)27-12-13-31(45)37-33(27)29(20-50)38(51)63-37/h12-13,19,24-26H,7-11,14-18,21-23,51H2,1-6H3/t24?,25?,26-/m0/s1. The summed E-state index contributed by atoms with van der Waals surface area (Å²) in [5.74, 6) is -2.52. The van der Waals surface area contributed by atoms with Gasteiger partial charge in [-0.05, 0) is 97.9 Å². The lowest BCUT2D eigenvalue weighted by molar-refractivity contribution is -0.156. The first-order valence-electron chi connectivity index (χ1n) is 21.1. The van der Waals surface area contributed by atoms with Crippen molar-refractivity contribution < 1.29 is 50.5 Å². The van der Waals surface area contributed by atoms with Crippen molar-refractivity contribution in [2.45, 2.75) is 116 Å². The van der Waals surface area contributed by atoms with Crippen LogP contribution in [0.3, 0.4) is 0 Å². The molecule has 5 heterocycles. The molecule has 3 aliphatic rings. The molecule has 13 nitrogen and oxygen atoms in total. The smallest absolute Gasteiger partial charge is 0.417 e. The van der Waals surface area contributed by atoms with Crippen molar-refractivity contribution in [1.82, 2.24) is 19.8 Å². The largest absolute Gasteiger partial charge is 0.462 e. The Kier molecular flexibility index (Phi) is 13.0. The minimum atomic E-state index is -5.13. The Hall–Kier alpha value is -5.06. The maximum Gasteiger partial charge on any atom is 0.417 e. The second kappa shape index (κ2) is 17.8. The van der Waals surface area contributed by atoms with Gasteiger partial charge in [-0.2, -0.15) is 28.4 Å². The highest BCUT2D eigenvalue weighted by molar-refractivity contribution is 7.23. The predicted octanol–water partition coefficient (Wildman–Crippen LogP) is 8.83. The molecule has 4 aromatic rings. The zero-order valence-electron chi connectivity index (χ0n) is 36.2. The predicted molar refractivity (Wildman–Crippen MR) is 227 cm³/mol. The van der Waals surface area contributed by atoms with Crippen LogP contribution in [0.4, 0.5) is 37.6 Å². The van der Waals surface area contributed by atoms with Gasteiger partial charge in [-0.3, -0.25) is 14.6 Å². The number of halogens is 5. The number of esters is 1. The fourth-order valence-corrected chi connectivity index (χ4v) is 9.70. The number of benzene rings is 2. The first-order chi connectivity index (χ1) is 29.6. The number of amides is 1. The van der Waals surface area contributed by atoms with E-state index in [-0.39, 0.29) is 100 Å². The number of fused-ring (bicyclic) bond motifs is 4. The van der Waals surface area contributed by atoms with E-state index in [2.05, 4.69) is 14.9 Å². The Labute approximate surface area is 366 Å². The Bertz CT molecular complexity index is 2410. The van der Waals surface area contributed by atoms with E-state index in [0.29, 0.717) is 43.8 Å². The summed E-state index contributed by atoms with van der Waals surface area (Å²) < 4.78 is 101. The second-order valence-corrected chi connectivity index (χ2v) is 19.3. The summed E-state index contributed by atoms with van der Waals surface area (Å²) in [5, 5.41) is 9.35. The average Bonchev–Trinajstić information content (AvgIpc) is 3.86. The van der Waals surface area contributed by atoms with E-state index in [9.17, 15) is 14.9 Å². The third-order valence-corrected chi connectivity index (χ3v) is 12.3. The number of hydrogen-bond donors (Lipinski definition) is 1. The molecule has 0 radical (unpaired) electrons. The molecule has 3 saturated heterocycles. The number of rotatable bonds is 12. The van der Waals surface area contributed by atoms with E-state index >= 15 is 22.0 Å². The van der Waals surface area contributed by atoms with Crippen molar-refractivity contribution in [2.24, 2.45) is 0 Å². The number of nitrogens with zero attached hydrogens (tertiary/aromatic N) is 6. The number of nitriles is 1. The summed E-state index contributed by atoms with van der Waals surface area (Å²) in [5.41, 5.74) is 1.29. The van der Waals surface area contributed by atoms with Gasteiger partial charge in [-0.1, -0.05) is 6.07 Å². The molecule has 2 unspecified atom stereocenters. The Morgan fingerprint density at radius 2 is 1.68 bits per heavy atom. The molecule has 19 heteroatoms. The van der Waals surface area contributed by atoms with Gasteiger partial charge in [0.1, 0.15) is 46.0 Å². The van der Waals surface area contributed by atoms with Crippen LogP contribution < -0.4 is 15.4 Å². The molecule has 3 aliphatic heterocycles. The highest BCUT2D eigenvalue weighted by Gasteiger charge is 2.46. The minimum absolute atomic E-state index is 0.000224. The van der Waals surface area contributed by atoms with Gasteiger partial charge in [0.15, 0.2) is 5.82 Å². The molecule has 63 heavy (non-hydrogen) atoms. The van der Waals surface area contributed by atoms with Gasteiger partial charge < -0.3 is 29.6 Å². The van der Waals surface area contributed by atoms with Crippen LogP contribution in [-0.2, 0) is 25.2 Å². The number of likely N-dealkylation sites (tertiary alicyclic amines) is 1. The first-order valence-corrected chi connectivity index (χ1v) is 21.9. The SMILES string of the molecule is CC(C)(C)OC(=O)CCOCCCN1CCC[C@H]1COc1nc(N2CC3CCC(C2)N3C(=O)OC(C)(C)C)c2cc(C(F)(F)F)c(-c3ccc(F)c4sc(N)c(C#N)c34)c(F)c2n1. The second-order valence-electron chi connectivity index (χ2n) is 18.2. The van der Waals surface area contributed by atoms with Crippen molar-refractivity contribution in [2.75, 3.05) is 56.6 Å². The fraction of sp³-hybridized carbons (Fsp3) is 0.568. The van der Waals surface area contributed by atoms with Gasteiger partial charge in [-0.15, -0.1) is 11.3 Å². The number of alkyl halides is 3. The summed E-state index contributed by atoms with van der Waals surface area (Å²) in [7, 11) is 0. The molecule has 340 valence electrons. The molecule has 3 atom stereocenters. The minimum Gasteiger partial charge on any atom is -0.462 e. The molecule has 2 N–H and O–H groups in total. The van der Waals surface area contributed by atoms with Crippen LogP contribution in [0.15, 0.2) is 18.2 Å². The fourth-order valence-electron chi connectivity index (χ4n) is 8.75. The van der Waals surface area contributed by atoms with Gasteiger partial charge >= 0.3 is 24.2 Å². The van der Waals surface area contributed by atoms with E-state index in [0.717, 1.165) is 37.6 Å². The molecule has 0 aliphatic carbocycles. The van der Waals surface area contributed by atoms with Crippen molar-refractivity contribution in [3.05, 3.63) is 41.0 Å².